The van der Waals surface area contributed by atoms with Crippen molar-refractivity contribution in [3.05, 3.63) is 73.2 Å². The summed E-state index contributed by atoms with van der Waals surface area (Å²) in [6, 6.07) is 17.7. The molecule has 54 heavy (non-hydrogen) atoms. The first-order chi connectivity index (χ1) is 26.7. The topological polar surface area (TPSA) is 79.1 Å². The van der Waals surface area contributed by atoms with E-state index >= 15 is 0 Å². The summed E-state index contributed by atoms with van der Waals surface area (Å²) < 4.78 is 0. The molecule has 3 aromatic rings. The number of aromatic nitrogens is 3. The molecule has 0 aliphatic carbocycles. The Morgan fingerprint density at radius 3 is 1.11 bits per heavy atom. The average Bonchev–Trinajstić information content (AvgIpc) is 3.22. The molecule has 0 aromatic carbocycles. The molecule has 2 N–H and O–H groups in total. The zero-order chi connectivity index (χ0) is 39.3. The van der Waals surface area contributed by atoms with Crippen molar-refractivity contribution >= 4 is 229 Å². The van der Waals surface area contributed by atoms with Gasteiger partial charge in [0.15, 0.2) is 0 Å². The summed E-state index contributed by atoms with van der Waals surface area (Å²) in [6.07, 6.45) is 11.8. The molecule has 3 rings (SSSR count). The third kappa shape index (κ3) is 44.8. The molecule has 0 unspecified atom stereocenters. The van der Waals surface area contributed by atoms with E-state index < -0.39 is 0 Å². The number of thiol groups is 1. The van der Waals surface area contributed by atoms with Gasteiger partial charge in [0.25, 0.3) is 0 Å². The maximum absolute atomic E-state index is 8.58. The minimum absolute atomic E-state index is 0.318. The zero-order valence-corrected chi connectivity index (χ0v) is 47.2. The van der Waals surface area contributed by atoms with Gasteiger partial charge in [0, 0.05) is 211 Å². The van der Waals surface area contributed by atoms with E-state index in [0.717, 1.165) is 58.7 Å². The lowest BCUT2D eigenvalue weighted by molar-refractivity contribution is 0.284. The van der Waals surface area contributed by atoms with Crippen LogP contribution in [0.25, 0.3) is 0 Å². The largest absolute Gasteiger partial charge is 0.396 e. The van der Waals surface area contributed by atoms with E-state index in [0.29, 0.717) is 13.2 Å². The number of hydrogen-bond acceptors (Lipinski definition) is 12. The molecule has 0 saturated carbocycles. The molecule has 0 fully saturated rings. The first-order valence-corrected chi connectivity index (χ1v) is 43.6. The van der Waals surface area contributed by atoms with Gasteiger partial charge in [0.05, 0.1) is 0 Å². The Morgan fingerprint density at radius 1 is 0.444 bits per heavy atom. The Labute approximate surface area is 398 Å². The van der Waals surface area contributed by atoms with Crippen molar-refractivity contribution in [2.45, 2.75) is 53.6 Å². The van der Waals surface area contributed by atoms with E-state index in [2.05, 4.69) is 27.6 Å². The normalized spacial score (nSPS) is 9.09. The molecule has 0 saturated heterocycles. The van der Waals surface area contributed by atoms with Gasteiger partial charge in [-0.25, -0.2) is 15.0 Å². The van der Waals surface area contributed by atoms with Crippen LogP contribution < -0.4 is 0 Å². The summed E-state index contributed by atoms with van der Waals surface area (Å²) in [4.78, 5) is 12.6. The first kappa shape index (κ1) is 57.3. The SMILES string of the molecule is OCCCCCS.OCCCCCSSc1ccccn1.S=S=S=S=S=S=S=S=S=S=S=S=S=S=S=S=S=S=S.c1ccc(SSc2ccccn2)nc1. The van der Waals surface area contributed by atoms with Crippen LogP contribution in [-0.4, -0.2) is 49.9 Å². The highest BCUT2D eigenvalue weighted by atomic mass is 33.5. The Hall–Kier alpha value is 3.30. The summed E-state index contributed by atoms with van der Waals surface area (Å²) in [6.45, 7) is 0.645. The molecule has 0 aliphatic heterocycles. The van der Waals surface area contributed by atoms with Gasteiger partial charge in [-0.2, -0.15) is 12.6 Å². The Kier molecular flexibility index (Phi) is 53.8. The molecular weight excluding hydrogens is 1140 g/mol. The minimum atomic E-state index is 0.318. The van der Waals surface area contributed by atoms with Crippen LogP contribution in [-0.2, 0) is 173 Å². The second kappa shape index (κ2) is 50.7. The molecule has 3 heterocycles. The van der Waals surface area contributed by atoms with Crippen molar-refractivity contribution in [1.82, 2.24) is 15.0 Å². The summed E-state index contributed by atoms with van der Waals surface area (Å²) in [5.41, 5.74) is 0. The fourth-order valence-corrected chi connectivity index (χ4v) is 47.6. The summed E-state index contributed by atoms with van der Waals surface area (Å²) >= 11 is 13.5. The monoisotopic (exact) mass is 1180 g/mol. The standard InChI is InChI=1S/C10H8N2S2.C10H15NOS2.C5H12OS.S19/c1-3-7-11-9(5-1)13-14-10-6-2-4-8-12-10;12-8-4-1-5-9-13-14-10-6-2-3-7-11-10;6-4-2-1-3-5-7;1-3-5-7-9-11-13-15-17-19-18-16-14-12-10-8-6-4-2/h1-8H;2-3,6-7,12H,1,4-5,8-9H2;6-7H,1-5H2;. The number of pyridine rings is 3. The number of nitrogens with zero attached hydrogens (tertiary/aromatic N) is 3. The predicted octanol–water partition coefficient (Wildman–Crippen LogP) is 7.29. The molecule has 0 atom stereocenters. The van der Waals surface area contributed by atoms with Gasteiger partial charge in [-0.1, -0.05) is 41.8 Å². The van der Waals surface area contributed by atoms with Crippen molar-refractivity contribution < 1.29 is 10.2 Å². The lowest BCUT2D eigenvalue weighted by atomic mass is 10.3. The Morgan fingerprint density at radius 2 is 0.796 bits per heavy atom. The van der Waals surface area contributed by atoms with Crippen LogP contribution >= 0.6 is 55.8 Å². The summed E-state index contributed by atoms with van der Waals surface area (Å²) in [5.74, 6) is 2.07. The van der Waals surface area contributed by atoms with Crippen LogP contribution in [0.1, 0.15) is 38.5 Å². The number of unbranched alkanes of at least 4 members (excludes halogenated alkanes) is 4. The zero-order valence-electron chi connectivity index (χ0n) is 27.6. The van der Waals surface area contributed by atoms with Gasteiger partial charge >= 0.3 is 0 Å². The van der Waals surface area contributed by atoms with E-state index in [-0.39, 0.29) is 0 Å². The molecule has 306 valence electrons. The number of rotatable bonds is 14. The molecule has 0 radical (unpaired) electrons. The number of aliphatic hydroxyl groups is 2. The maximum Gasteiger partial charge on any atom is 0.107 e. The maximum atomic E-state index is 8.58. The van der Waals surface area contributed by atoms with Crippen LogP contribution in [0.5, 0.6) is 0 Å². The molecular formula is C25H35N3O2S24. The highest BCUT2D eigenvalue weighted by Gasteiger charge is 1.97. The first-order valence-electron chi connectivity index (χ1n) is 14.5. The smallest absolute Gasteiger partial charge is 0.107 e. The van der Waals surface area contributed by atoms with Crippen molar-refractivity contribution in [3.63, 3.8) is 0 Å². The average molecular weight is 1180 g/mol. The second-order valence-electron chi connectivity index (χ2n) is 8.02. The van der Waals surface area contributed by atoms with Crippen molar-refractivity contribution in [2.24, 2.45) is 0 Å². The highest BCUT2D eigenvalue weighted by molar-refractivity contribution is 8.78. The second-order valence-corrected chi connectivity index (χ2v) is 43.2. The van der Waals surface area contributed by atoms with E-state index in [9.17, 15) is 0 Å². The van der Waals surface area contributed by atoms with Crippen molar-refractivity contribution in [3.8, 4) is 0 Å². The summed E-state index contributed by atoms with van der Waals surface area (Å²) in [5, 5.41) is 19.9. The lowest BCUT2D eigenvalue weighted by Gasteiger charge is -1.99. The fourth-order valence-electron chi connectivity index (χ4n) is 2.40. The predicted molar refractivity (Wildman–Crippen MR) is 298 cm³/mol. The minimum Gasteiger partial charge on any atom is -0.396 e. The third-order valence-electron chi connectivity index (χ3n) is 4.42. The van der Waals surface area contributed by atoms with Crippen LogP contribution in [0, 0.1) is 0 Å². The van der Waals surface area contributed by atoms with Crippen LogP contribution in [0.4, 0.5) is 0 Å². The van der Waals surface area contributed by atoms with E-state index in [4.69, 9.17) is 32.6 Å². The lowest BCUT2D eigenvalue weighted by Crippen LogP contribution is -1.84. The van der Waals surface area contributed by atoms with E-state index in [1.54, 1.807) is 178 Å². The van der Waals surface area contributed by atoms with Gasteiger partial charge in [-0.05, 0) is 100 Å². The Bertz CT molecular complexity index is 2010. The highest BCUT2D eigenvalue weighted by Crippen LogP contribution is 2.34. The van der Waals surface area contributed by atoms with Gasteiger partial charge in [-0.3, -0.25) is 0 Å². The molecule has 29 heteroatoms. The van der Waals surface area contributed by atoms with Gasteiger partial charge < -0.3 is 10.2 Å². The van der Waals surface area contributed by atoms with Crippen LogP contribution in [0.3, 0.4) is 0 Å². The quantitative estimate of drug-likeness (QED) is 0.0867. The van der Waals surface area contributed by atoms with Gasteiger partial charge in [0.1, 0.15) is 15.1 Å². The third-order valence-corrected chi connectivity index (χ3v) is 44.8. The molecule has 3 aromatic heterocycles. The molecule has 5 nitrogen and oxygen atoms in total. The van der Waals surface area contributed by atoms with Crippen LogP contribution in [0.2, 0.25) is 0 Å². The Balaban J connectivity index is 0.000000724. The van der Waals surface area contributed by atoms with Gasteiger partial charge in [-0.15, -0.1) is 0 Å². The summed E-state index contributed by atoms with van der Waals surface area (Å²) in [7, 11) is 35.8. The fraction of sp³-hybridized carbons (Fsp3) is 0.400. The molecule has 0 amide bonds. The molecule has 0 spiro atoms. The van der Waals surface area contributed by atoms with E-state index in [1.165, 1.54) is 24.2 Å². The van der Waals surface area contributed by atoms with Crippen molar-refractivity contribution in [2.75, 3.05) is 24.7 Å². The number of hydrogen-bond donors (Lipinski definition) is 3. The molecule has 0 aliphatic rings. The number of aliphatic hydroxyl groups excluding tert-OH is 2. The van der Waals surface area contributed by atoms with Crippen LogP contribution in [0.15, 0.2) is 88.3 Å². The van der Waals surface area contributed by atoms with E-state index in [1.807, 2.05) is 71.6 Å². The molecule has 0 bridgehead atoms. The van der Waals surface area contributed by atoms with Gasteiger partial charge in [0.2, 0.25) is 0 Å². The van der Waals surface area contributed by atoms with Crippen molar-refractivity contribution in [1.29, 1.82) is 0 Å².